The Labute approximate surface area is 240 Å². The van der Waals surface area contributed by atoms with Gasteiger partial charge in [0.2, 0.25) is 5.91 Å². The number of hydrogen-bond donors (Lipinski definition) is 0. The molecule has 0 saturated carbocycles. The van der Waals surface area contributed by atoms with Crippen LogP contribution in [0.2, 0.25) is 5.02 Å². The van der Waals surface area contributed by atoms with Crippen LogP contribution in [0.25, 0.3) is 10.8 Å². The fourth-order valence-corrected chi connectivity index (χ4v) is 6.59. The molecule has 1 aromatic heterocycles. The van der Waals surface area contributed by atoms with Gasteiger partial charge in [-0.25, -0.2) is 0 Å². The predicted molar refractivity (Wildman–Crippen MR) is 157 cm³/mol. The van der Waals surface area contributed by atoms with E-state index in [2.05, 4.69) is 54.6 Å². The van der Waals surface area contributed by atoms with Crippen molar-refractivity contribution in [1.82, 2.24) is 19.8 Å². The van der Waals surface area contributed by atoms with E-state index in [-0.39, 0.29) is 18.1 Å². The number of nitrogens with zero attached hydrogens (tertiary/aromatic N) is 5. The maximum Gasteiger partial charge on any atom is 0.318 e. The lowest BCUT2D eigenvalue weighted by Crippen LogP contribution is -2.54. The average molecular weight is 562 g/mol. The van der Waals surface area contributed by atoms with Crippen LogP contribution in [0.5, 0.6) is 6.01 Å². The number of aromatic nitrogens is 2. The number of carbonyl (C=O) groups is 1. The third-order valence-electron chi connectivity index (χ3n) is 8.55. The molecular weight excluding hydrogens is 526 g/mol. The van der Waals surface area contributed by atoms with Gasteiger partial charge < -0.3 is 24.2 Å². The summed E-state index contributed by atoms with van der Waals surface area (Å²) in [6, 6.07) is 13.0. The summed E-state index contributed by atoms with van der Waals surface area (Å²) in [5, 5.41) is 2.83. The predicted octanol–water partition coefficient (Wildman–Crippen LogP) is 4.79. The average Bonchev–Trinajstić information content (AvgIpc) is 3.39. The maximum atomic E-state index is 12.3. The molecule has 3 aliphatic heterocycles. The van der Waals surface area contributed by atoms with Crippen molar-refractivity contribution in [1.29, 1.82) is 0 Å². The number of likely N-dealkylation sites (N-methyl/N-ethyl adjacent to an activating group) is 1. The molecule has 3 atom stereocenters. The first-order valence-electron chi connectivity index (χ1n) is 14.1. The molecule has 210 valence electrons. The molecule has 9 heteroatoms. The molecule has 3 aromatic rings. The number of anilines is 1. The van der Waals surface area contributed by atoms with Crippen molar-refractivity contribution in [2.24, 2.45) is 0 Å². The second kappa shape index (κ2) is 11.4. The van der Waals surface area contributed by atoms with E-state index in [1.807, 2.05) is 17.0 Å². The summed E-state index contributed by atoms with van der Waals surface area (Å²) in [4.78, 5) is 28.7. The fourth-order valence-electron chi connectivity index (χ4n) is 6.30. The van der Waals surface area contributed by atoms with E-state index >= 15 is 0 Å². The van der Waals surface area contributed by atoms with Gasteiger partial charge in [0.15, 0.2) is 0 Å². The van der Waals surface area contributed by atoms with E-state index < -0.39 is 0 Å². The zero-order chi connectivity index (χ0) is 27.8. The number of amides is 1. The number of fused-ring (bicyclic) bond motifs is 2. The number of likely N-dealkylation sites (tertiary alicyclic amines) is 1. The Morgan fingerprint density at radius 1 is 1.20 bits per heavy atom. The van der Waals surface area contributed by atoms with Crippen LogP contribution in [0, 0.1) is 0 Å². The molecule has 0 aliphatic carbocycles. The standard InChI is InChI=1S/C31H36ClN5O3/c1-4-28(38)37-15-14-36(17-20(37)2)30-24-19-39-27(23-11-5-8-21-9-6-12-25(32)29(21)23)16-26(24)33-31(34-30)40-18-22-10-7-13-35(22)3/h4-6,8-9,11-12,20,22,27H,1,7,10,13-19H2,2-3H3/t20-,22+,27?/m1/s1. The number of carbonyl (C=O) groups excluding carboxylic acids is 1. The van der Waals surface area contributed by atoms with Gasteiger partial charge in [0.25, 0.3) is 0 Å². The SMILES string of the molecule is C=CC(=O)N1CCN(c2nc(OC[C@@H]3CCCN3C)nc3c2COC(c2cccc4cccc(Cl)c24)C3)C[C@H]1C. The molecule has 2 aromatic carbocycles. The van der Waals surface area contributed by atoms with Gasteiger partial charge in [0.05, 0.1) is 18.4 Å². The summed E-state index contributed by atoms with van der Waals surface area (Å²) < 4.78 is 12.8. The highest BCUT2D eigenvalue weighted by Crippen LogP contribution is 2.39. The van der Waals surface area contributed by atoms with Gasteiger partial charge in [-0.3, -0.25) is 4.79 Å². The summed E-state index contributed by atoms with van der Waals surface area (Å²) in [5.41, 5.74) is 3.00. The van der Waals surface area contributed by atoms with Gasteiger partial charge in [-0.15, -0.1) is 0 Å². The van der Waals surface area contributed by atoms with Gasteiger partial charge in [-0.2, -0.15) is 9.97 Å². The quantitative estimate of drug-likeness (QED) is 0.401. The van der Waals surface area contributed by atoms with Gasteiger partial charge in [-0.05, 0) is 56.4 Å². The molecule has 40 heavy (non-hydrogen) atoms. The number of benzene rings is 2. The smallest absolute Gasteiger partial charge is 0.318 e. The summed E-state index contributed by atoms with van der Waals surface area (Å²) in [6.45, 7) is 9.69. The molecular formula is C31H36ClN5O3. The molecule has 0 bridgehead atoms. The van der Waals surface area contributed by atoms with Gasteiger partial charge in [-0.1, -0.05) is 48.5 Å². The number of rotatable bonds is 6. The molecule has 8 nitrogen and oxygen atoms in total. The fraction of sp³-hybridized carbons (Fsp3) is 0.452. The van der Waals surface area contributed by atoms with Crippen molar-refractivity contribution in [3.8, 4) is 6.01 Å². The summed E-state index contributed by atoms with van der Waals surface area (Å²) in [7, 11) is 2.14. The van der Waals surface area contributed by atoms with E-state index in [0.717, 1.165) is 51.4 Å². The highest BCUT2D eigenvalue weighted by atomic mass is 35.5. The Kier molecular flexibility index (Phi) is 7.66. The van der Waals surface area contributed by atoms with Crippen LogP contribution in [-0.4, -0.2) is 77.6 Å². The monoisotopic (exact) mass is 561 g/mol. The van der Waals surface area contributed by atoms with Crippen molar-refractivity contribution in [3.05, 3.63) is 70.9 Å². The van der Waals surface area contributed by atoms with Crippen LogP contribution < -0.4 is 9.64 Å². The Hall–Kier alpha value is -3.20. The van der Waals surface area contributed by atoms with Crippen LogP contribution in [0.4, 0.5) is 5.82 Å². The van der Waals surface area contributed by atoms with E-state index in [0.29, 0.717) is 51.3 Å². The van der Waals surface area contributed by atoms with Gasteiger partial charge >= 0.3 is 6.01 Å². The van der Waals surface area contributed by atoms with Crippen molar-refractivity contribution < 1.29 is 14.3 Å². The van der Waals surface area contributed by atoms with Gasteiger partial charge in [0.1, 0.15) is 12.4 Å². The van der Waals surface area contributed by atoms with Crippen LogP contribution in [0.3, 0.4) is 0 Å². The number of halogens is 1. The molecule has 0 radical (unpaired) electrons. The van der Waals surface area contributed by atoms with Crippen LogP contribution in [-0.2, 0) is 22.6 Å². The van der Waals surface area contributed by atoms with Crippen molar-refractivity contribution in [3.63, 3.8) is 0 Å². The lowest BCUT2D eigenvalue weighted by atomic mass is 9.94. The van der Waals surface area contributed by atoms with E-state index in [1.54, 1.807) is 0 Å². The third-order valence-corrected chi connectivity index (χ3v) is 8.87. The second-order valence-electron chi connectivity index (χ2n) is 11.1. The summed E-state index contributed by atoms with van der Waals surface area (Å²) in [5.74, 6) is 0.799. The first-order valence-corrected chi connectivity index (χ1v) is 14.5. The molecule has 3 aliphatic rings. The second-order valence-corrected chi connectivity index (χ2v) is 11.5. The molecule has 2 fully saturated rings. The van der Waals surface area contributed by atoms with Crippen molar-refractivity contribution in [2.75, 3.05) is 44.7 Å². The third kappa shape index (κ3) is 5.16. The maximum absolute atomic E-state index is 12.3. The highest BCUT2D eigenvalue weighted by Gasteiger charge is 2.33. The van der Waals surface area contributed by atoms with Crippen LogP contribution in [0.15, 0.2) is 49.1 Å². The van der Waals surface area contributed by atoms with E-state index in [1.165, 1.54) is 12.5 Å². The molecule has 1 amide bonds. The minimum atomic E-state index is -0.186. The Morgan fingerprint density at radius 2 is 2.02 bits per heavy atom. The van der Waals surface area contributed by atoms with Crippen LogP contribution in [0.1, 0.15) is 42.7 Å². The molecule has 6 rings (SSSR count). The number of ether oxygens (including phenoxy) is 2. The Balaban J connectivity index is 1.33. The molecule has 0 N–H and O–H groups in total. The van der Waals surface area contributed by atoms with E-state index in [9.17, 15) is 4.79 Å². The first-order chi connectivity index (χ1) is 19.4. The summed E-state index contributed by atoms with van der Waals surface area (Å²) in [6.07, 6.45) is 4.09. The zero-order valence-corrected chi connectivity index (χ0v) is 23.9. The first kappa shape index (κ1) is 27.0. The molecule has 4 heterocycles. The molecule has 0 spiro atoms. The highest BCUT2D eigenvalue weighted by molar-refractivity contribution is 6.35. The molecule has 1 unspecified atom stereocenters. The Morgan fingerprint density at radius 3 is 2.77 bits per heavy atom. The zero-order valence-electron chi connectivity index (χ0n) is 23.2. The van der Waals surface area contributed by atoms with E-state index in [4.69, 9.17) is 31.0 Å². The van der Waals surface area contributed by atoms with Gasteiger partial charge in [0, 0.05) is 54.1 Å². The molecule has 2 saturated heterocycles. The number of piperazine rings is 1. The van der Waals surface area contributed by atoms with Crippen LogP contribution >= 0.6 is 11.6 Å². The topological polar surface area (TPSA) is 71.0 Å². The summed E-state index contributed by atoms with van der Waals surface area (Å²) >= 11 is 6.66. The largest absolute Gasteiger partial charge is 0.462 e. The Bertz CT molecular complexity index is 1430. The normalized spacial score (nSPS) is 23.3. The minimum Gasteiger partial charge on any atom is -0.462 e. The van der Waals surface area contributed by atoms with Crippen molar-refractivity contribution in [2.45, 2.75) is 51.0 Å². The minimum absolute atomic E-state index is 0.0245. The lowest BCUT2D eigenvalue weighted by Gasteiger charge is -2.41. The number of hydrogen-bond acceptors (Lipinski definition) is 7. The lowest BCUT2D eigenvalue weighted by molar-refractivity contribution is -0.128. The van der Waals surface area contributed by atoms with Crippen molar-refractivity contribution >= 4 is 34.1 Å².